The van der Waals surface area contributed by atoms with Crippen LogP contribution in [0, 0.1) is 24.5 Å². The number of nitrogens with zero attached hydrogens (tertiary/aromatic N) is 3. The molecular weight excluding hydrogens is 320 g/mol. The highest BCUT2D eigenvalue weighted by molar-refractivity contribution is 5.95. The summed E-state index contributed by atoms with van der Waals surface area (Å²) in [5, 5.41) is 7.93. The molecule has 2 aliphatic rings. The Balaban J connectivity index is 1.67. The molecule has 1 aromatic carbocycles. The van der Waals surface area contributed by atoms with E-state index in [-0.39, 0.29) is 12.5 Å². The third kappa shape index (κ3) is 2.13. The summed E-state index contributed by atoms with van der Waals surface area (Å²) < 4.78 is 38.9. The first-order valence-electron chi connectivity index (χ1n) is 7.63. The van der Waals surface area contributed by atoms with E-state index in [2.05, 4.69) is 10.2 Å². The number of amides is 1. The number of likely N-dealkylation sites (tertiary alicyclic amines) is 1. The van der Waals surface area contributed by atoms with Gasteiger partial charge in [-0.2, -0.15) is 0 Å². The molecule has 1 amide bonds. The summed E-state index contributed by atoms with van der Waals surface area (Å²) in [5.74, 6) is -1.61. The Morgan fingerprint density at radius 3 is 2.75 bits per heavy atom. The van der Waals surface area contributed by atoms with Gasteiger partial charge in [-0.3, -0.25) is 4.79 Å². The lowest BCUT2D eigenvalue weighted by atomic mass is 9.81. The van der Waals surface area contributed by atoms with Crippen molar-refractivity contribution in [3.05, 3.63) is 47.2 Å². The van der Waals surface area contributed by atoms with Gasteiger partial charge in [0.1, 0.15) is 17.2 Å². The molecule has 1 aromatic heterocycles. The van der Waals surface area contributed by atoms with Crippen LogP contribution in [0.5, 0.6) is 0 Å². The van der Waals surface area contributed by atoms with E-state index >= 15 is 0 Å². The van der Waals surface area contributed by atoms with Crippen LogP contribution >= 0.6 is 0 Å². The van der Waals surface area contributed by atoms with Crippen LogP contribution < -0.4 is 0 Å². The fourth-order valence-electron chi connectivity index (χ4n) is 3.55. The highest BCUT2D eigenvalue weighted by atomic mass is 19.1. The Labute approximate surface area is 136 Å². The Morgan fingerprint density at radius 1 is 1.33 bits per heavy atom. The van der Waals surface area contributed by atoms with E-state index in [1.165, 1.54) is 11.0 Å². The van der Waals surface area contributed by atoms with Gasteiger partial charge in [-0.15, -0.1) is 10.2 Å². The molecule has 0 radical (unpaired) electrons. The lowest BCUT2D eigenvalue weighted by molar-refractivity contribution is 0.0729. The number of hydrogen-bond acceptors (Lipinski definition) is 5. The first-order chi connectivity index (χ1) is 11.5. The Morgan fingerprint density at radius 2 is 2.08 bits per heavy atom. The minimum atomic E-state index is -0.865. The van der Waals surface area contributed by atoms with E-state index < -0.39 is 28.5 Å². The smallest absolute Gasteiger partial charge is 0.259 e. The van der Waals surface area contributed by atoms with Crippen molar-refractivity contribution in [2.45, 2.75) is 12.3 Å². The van der Waals surface area contributed by atoms with Gasteiger partial charge in [0, 0.05) is 25.9 Å². The molecular formula is C16H15F2N3O3. The van der Waals surface area contributed by atoms with Crippen molar-refractivity contribution in [2.75, 3.05) is 26.3 Å². The zero-order valence-electron chi connectivity index (χ0n) is 13.0. The van der Waals surface area contributed by atoms with E-state index in [0.29, 0.717) is 31.5 Å². The van der Waals surface area contributed by atoms with E-state index in [0.717, 1.165) is 12.1 Å². The third-order valence-electron chi connectivity index (χ3n) is 4.79. The molecule has 3 heterocycles. The molecule has 6 nitrogen and oxygen atoms in total. The topological polar surface area (TPSA) is 68.5 Å². The number of benzene rings is 1. The SMILES string of the molecule is Cc1nnc([C@@]23COC[C@@H]2CN(C(=O)c2c(F)cccc2F)C3)o1. The van der Waals surface area contributed by atoms with E-state index in [1.807, 2.05) is 0 Å². The van der Waals surface area contributed by atoms with Crippen molar-refractivity contribution in [1.29, 1.82) is 0 Å². The van der Waals surface area contributed by atoms with Crippen LogP contribution in [-0.2, 0) is 10.2 Å². The molecule has 8 heteroatoms. The van der Waals surface area contributed by atoms with Gasteiger partial charge in [-0.1, -0.05) is 6.07 Å². The van der Waals surface area contributed by atoms with Crippen LogP contribution in [0.4, 0.5) is 8.78 Å². The van der Waals surface area contributed by atoms with Crippen LogP contribution in [0.1, 0.15) is 22.1 Å². The van der Waals surface area contributed by atoms with Gasteiger partial charge < -0.3 is 14.1 Å². The number of carbonyl (C=O) groups is 1. The molecule has 0 N–H and O–H groups in total. The number of aryl methyl sites for hydroxylation is 1. The fourth-order valence-corrected chi connectivity index (χ4v) is 3.55. The predicted octanol–water partition coefficient (Wildman–Crippen LogP) is 1.70. The summed E-state index contributed by atoms with van der Waals surface area (Å²) in [4.78, 5) is 14.1. The average molecular weight is 335 g/mol. The predicted molar refractivity (Wildman–Crippen MR) is 77.3 cm³/mol. The Kier molecular flexibility index (Phi) is 3.38. The molecule has 0 aliphatic carbocycles. The lowest BCUT2D eigenvalue weighted by Gasteiger charge is -2.23. The zero-order valence-corrected chi connectivity index (χ0v) is 13.0. The fraction of sp³-hybridized carbons (Fsp3) is 0.438. The van der Waals surface area contributed by atoms with Gasteiger partial charge in [0.05, 0.1) is 18.6 Å². The van der Waals surface area contributed by atoms with Crippen LogP contribution in [0.15, 0.2) is 22.6 Å². The number of hydrogen-bond donors (Lipinski definition) is 0. The third-order valence-corrected chi connectivity index (χ3v) is 4.79. The van der Waals surface area contributed by atoms with Gasteiger partial charge in [-0.05, 0) is 12.1 Å². The molecule has 2 atom stereocenters. The van der Waals surface area contributed by atoms with Crippen molar-refractivity contribution in [3.63, 3.8) is 0 Å². The Hall–Kier alpha value is -2.35. The minimum absolute atomic E-state index is 0.0452. The van der Waals surface area contributed by atoms with E-state index in [9.17, 15) is 13.6 Å². The maximum Gasteiger partial charge on any atom is 0.259 e. The van der Waals surface area contributed by atoms with Gasteiger partial charge in [0.2, 0.25) is 11.8 Å². The molecule has 0 spiro atoms. The second-order valence-corrected chi connectivity index (χ2v) is 6.28. The zero-order chi connectivity index (χ0) is 16.9. The molecule has 0 bridgehead atoms. The van der Waals surface area contributed by atoms with Crippen LogP contribution in [-0.4, -0.2) is 47.3 Å². The highest BCUT2D eigenvalue weighted by Gasteiger charge is 2.56. The first kappa shape index (κ1) is 15.2. The second kappa shape index (κ2) is 5.34. The van der Waals surface area contributed by atoms with Crippen LogP contribution in [0.3, 0.4) is 0 Å². The van der Waals surface area contributed by atoms with Crippen molar-refractivity contribution < 1.29 is 22.7 Å². The van der Waals surface area contributed by atoms with Crippen molar-refractivity contribution in [3.8, 4) is 0 Å². The molecule has 2 aliphatic heterocycles. The normalized spacial score (nSPS) is 26.0. The Bertz CT molecular complexity index is 789. The number of halogens is 2. The minimum Gasteiger partial charge on any atom is -0.425 e. The molecule has 0 saturated carbocycles. The summed E-state index contributed by atoms with van der Waals surface area (Å²) in [6.45, 7) is 3.01. The van der Waals surface area contributed by atoms with Crippen LogP contribution in [0.2, 0.25) is 0 Å². The largest absolute Gasteiger partial charge is 0.425 e. The quantitative estimate of drug-likeness (QED) is 0.835. The summed E-state index contributed by atoms with van der Waals surface area (Å²) >= 11 is 0. The standard InChI is InChI=1S/C16H15F2N3O3/c1-9-19-20-15(24-9)16-7-21(5-10(16)6-23-8-16)14(22)13-11(17)3-2-4-12(13)18/h2-4,10H,5-8H2,1H3/t10-,16-/m0/s1. The summed E-state index contributed by atoms with van der Waals surface area (Å²) in [6, 6.07) is 3.39. The molecule has 2 fully saturated rings. The molecule has 126 valence electrons. The molecule has 24 heavy (non-hydrogen) atoms. The van der Waals surface area contributed by atoms with E-state index in [1.54, 1.807) is 6.92 Å². The van der Waals surface area contributed by atoms with Gasteiger partial charge in [-0.25, -0.2) is 8.78 Å². The van der Waals surface area contributed by atoms with Gasteiger partial charge >= 0.3 is 0 Å². The second-order valence-electron chi connectivity index (χ2n) is 6.28. The summed E-state index contributed by atoms with van der Waals surface area (Å²) in [6.07, 6.45) is 0. The summed E-state index contributed by atoms with van der Waals surface area (Å²) in [7, 11) is 0. The maximum absolute atomic E-state index is 13.9. The van der Waals surface area contributed by atoms with Crippen molar-refractivity contribution in [1.82, 2.24) is 15.1 Å². The number of rotatable bonds is 2. The van der Waals surface area contributed by atoms with Gasteiger partial charge in [0.15, 0.2) is 0 Å². The van der Waals surface area contributed by atoms with E-state index in [4.69, 9.17) is 9.15 Å². The van der Waals surface area contributed by atoms with Crippen LogP contribution in [0.25, 0.3) is 0 Å². The molecule has 0 unspecified atom stereocenters. The maximum atomic E-state index is 13.9. The van der Waals surface area contributed by atoms with Crippen molar-refractivity contribution in [2.24, 2.45) is 5.92 Å². The number of aromatic nitrogens is 2. The average Bonchev–Trinajstić information content (AvgIpc) is 3.20. The number of fused-ring (bicyclic) bond motifs is 1. The molecule has 2 saturated heterocycles. The van der Waals surface area contributed by atoms with Gasteiger partial charge in [0.25, 0.3) is 5.91 Å². The molecule has 2 aromatic rings. The number of carbonyl (C=O) groups excluding carboxylic acids is 1. The highest BCUT2D eigenvalue weighted by Crippen LogP contribution is 2.43. The lowest BCUT2D eigenvalue weighted by Crippen LogP contribution is -2.38. The monoisotopic (exact) mass is 335 g/mol. The van der Waals surface area contributed by atoms with Crippen molar-refractivity contribution >= 4 is 5.91 Å². The first-order valence-corrected chi connectivity index (χ1v) is 7.63. The number of ether oxygens (including phenoxy) is 1. The summed E-state index contributed by atoms with van der Waals surface area (Å²) in [5.41, 5.74) is -1.14. The molecule has 4 rings (SSSR count).